The molecule has 0 bridgehead atoms. The molecule has 3 heteroatoms. The van der Waals surface area contributed by atoms with E-state index in [9.17, 15) is 4.79 Å². The number of ether oxygens (including phenoxy) is 2. The van der Waals surface area contributed by atoms with Gasteiger partial charge in [-0.25, -0.2) is 0 Å². The maximum absolute atomic E-state index is 11.8. The summed E-state index contributed by atoms with van der Waals surface area (Å²) in [6.45, 7) is 13.6. The van der Waals surface area contributed by atoms with Crippen molar-refractivity contribution >= 4 is 16.6 Å². The summed E-state index contributed by atoms with van der Waals surface area (Å²) < 4.78 is 12.0. The molecule has 0 fully saturated rings. The highest BCUT2D eigenvalue weighted by atomic mass is 16.5. The van der Waals surface area contributed by atoms with Gasteiger partial charge in [0.2, 0.25) is 0 Å². The van der Waals surface area contributed by atoms with Crippen LogP contribution in [0.2, 0.25) is 0 Å². The monoisotopic (exact) mass is 314 g/mol. The molecule has 0 spiro atoms. The van der Waals surface area contributed by atoms with Crippen LogP contribution in [0.3, 0.4) is 0 Å². The third kappa shape index (κ3) is 4.72. The van der Waals surface area contributed by atoms with Gasteiger partial charge < -0.3 is 9.47 Å². The number of hydrogen-bond acceptors (Lipinski definition) is 3. The van der Waals surface area contributed by atoms with E-state index < -0.39 is 0 Å². The Labute approximate surface area is 138 Å². The van der Waals surface area contributed by atoms with Crippen molar-refractivity contribution in [1.29, 1.82) is 0 Å². The quantitative estimate of drug-likeness (QED) is 0.712. The zero-order chi connectivity index (χ0) is 17.4. The van der Waals surface area contributed by atoms with Gasteiger partial charge in [0, 0.05) is 10.9 Å². The molecule has 2 aromatic rings. The summed E-state index contributed by atoms with van der Waals surface area (Å²) in [6.07, 6.45) is 0. The Bertz CT molecular complexity index is 731. The Kier molecular flexibility index (Phi) is 4.43. The molecule has 0 N–H and O–H groups in total. The second-order valence-electron chi connectivity index (χ2n) is 7.84. The van der Waals surface area contributed by atoms with Crippen molar-refractivity contribution in [1.82, 2.24) is 0 Å². The smallest absolute Gasteiger partial charge is 0.159 e. The van der Waals surface area contributed by atoms with Crippen LogP contribution in [0.1, 0.15) is 58.8 Å². The molecule has 0 atom stereocenters. The van der Waals surface area contributed by atoms with Gasteiger partial charge in [-0.1, -0.05) is 6.07 Å². The van der Waals surface area contributed by atoms with E-state index in [1.54, 1.807) is 6.92 Å². The van der Waals surface area contributed by atoms with Gasteiger partial charge in [-0.3, -0.25) is 4.79 Å². The summed E-state index contributed by atoms with van der Waals surface area (Å²) in [5.74, 6) is 1.53. The summed E-state index contributed by atoms with van der Waals surface area (Å²) in [7, 11) is 0. The van der Waals surface area contributed by atoms with Crippen molar-refractivity contribution in [2.75, 3.05) is 0 Å². The maximum Gasteiger partial charge on any atom is 0.159 e. The molecule has 23 heavy (non-hydrogen) atoms. The lowest BCUT2D eigenvalue weighted by Crippen LogP contribution is -2.23. The number of carbonyl (C=O) groups is 1. The maximum atomic E-state index is 11.8. The van der Waals surface area contributed by atoms with Crippen molar-refractivity contribution in [3.05, 3.63) is 35.9 Å². The molecule has 0 aliphatic rings. The SMILES string of the molecule is CC(=O)c1cc(OC(C)(C)C)c2cc(OC(C)(C)C)ccc2c1. The average molecular weight is 314 g/mol. The molecule has 0 unspecified atom stereocenters. The van der Waals surface area contributed by atoms with Crippen molar-refractivity contribution in [3.63, 3.8) is 0 Å². The molecule has 0 saturated heterocycles. The molecule has 0 saturated carbocycles. The number of hydrogen-bond donors (Lipinski definition) is 0. The summed E-state index contributed by atoms with van der Waals surface area (Å²) in [5, 5.41) is 1.92. The van der Waals surface area contributed by atoms with Crippen LogP contribution < -0.4 is 9.47 Å². The van der Waals surface area contributed by atoms with Gasteiger partial charge in [-0.2, -0.15) is 0 Å². The summed E-state index contributed by atoms with van der Waals surface area (Å²) in [6, 6.07) is 9.59. The highest BCUT2D eigenvalue weighted by molar-refractivity contribution is 6.01. The molecule has 2 rings (SSSR count). The molecular weight excluding hydrogens is 288 g/mol. The number of benzene rings is 2. The minimum absolute atomic E-state index is 0.0284. The van der Waals surface area contributed by atoms with Crippen molar-refractivity contribution in [2.45, 2.75) is 59.7 Å². The Balaban J connectivity index is 2.61. The summed E-state index contributed by atoms with van der Waals surface area (Å²) in [4.78, 5) is 11.8. The van der Waals surface area contributed by atoms with Gasteiger partial charge in [0.1, 0.15) is 22.7 Å². The predicted octanol–water partition coefficient (Wildman–Crippen LogP) is 5.40. The van der Waals surface area contributed by atoms with Crippen LogP contribution in [0.15, 0.2) is 30.3 Å². The number of fused-ring (bicyclic) bond motifs is 1. The van der Waals surface area contributed by atoms with E-state index in [0.717, 1.165) is 16.5 Å². The lowest BCUT2D eigenvalue weighted by Gasteiger charge is -2.24. The normalized spacial score (nSPS) is 12.3. The number of ketones is 1. The van der Waals surface area contributed by atoms with Gasteiger partial charge >= 0.3 is 0 Å². The van der Waals surface area contributed by atoms with Crippen molar-refractivity contribution in [2.24, 2.45) is 0 Å². The first-order chi connectivity index (χ1) is 10.4. The molecule has 124 valence electrons. The molecular formula is C20H26O3. The first kappa shape index (κ1) is 17.3. The molecule has 0 heterocycles. The highest BCUT2D eigenvalue weighted by Gasteiger charge is 2.18. The van der Waals surface area contributed by atoms with E-state index in [1.165, 1.54) is 0 Å². The van der Waals surface area contributed by atoms with Crippen LogP contribution in [-0.4, -0.2) is 17.0 Å². The van der Waals surface area contributed by atoms with E-state index in [0.29, 0.717) is 11.3 Å². The minimum atomic E-state index is -0.344. The zero-order valence-corrected chi connectivity index (χ0v) is 15.1. The van der Waals surface area contributed by atoms with E-state index in [-0.39, 0.29) is 17.0 Å². The standard InChI is InChI=1S/C20H26O3/c1-13(21)15-10-14-8-9-16(22-19(2,3)4)12-17(14)18(11-15)23-20(5,6)7/h8-12H,1-7H3. The molecule has 0 aliphatic carbocycles. The Morgan fingerprint density at radius 2 is 1.48 bits per heavy atom. The first-order valence-corrected chi connectivity index (χ1v) is 7.91. The minimum Gasteiger partial charge on any atom is -0.488 e. The Morgan fingerprint density at radius 1 is 0.870 bits per heavy atom. The van der Waals surface area contributed by atoms with E-state index >= 15 is 0 Å². The van der Waals surface area contributed by atoms with Crippen LogP contribution >= 0.6 is 0 Å². The van der Waals surface area contributed by atoms with Crippen LogP contribution in [0.25, 0.3) is 10.8 Å². The molecule has 0 amide bonds. The predicted molar refractivity (Wildman–Crippen MR) is 94.7 cm³/mol. The van der Waals surface area contributed by atoms with E-state index in [2.05, 4.69) is 0 Å². The molecule has 3 nitrogen and oxygen atoms in total. The lowest BCUT2D eigenvalue weighted by atomic mass is 10.0. The Hall–Kier alpha value is -2.03. The fraction of sp³-hybridized carbons (Fsp3) is 0.450. The Morgan fingerprint density at radius 3 is 2.00 bits per heavy atom. The second kappa shape index (κ2) is 5.88. The number of Topliss-reactive ketones (excluding diaryl/α,β-unsaturated/α-hetero) is 1. The van der Waals surface area contributed by atoms with Gasteiger partial charge in [0.25, 0.3) is 0 Å². The lowest BCUT2D eigenvalue weighted by molar-refractivity contribution is 0.101. The largest absolute Gasteiger partial charge is 0.488 e. The topological polar surface area (TPSA) is 35.5 Å². The van der Waals surface area contributed by atoms with Crippen LogP contribution in [0.4, 0.5) is 0 Å². The number of carbonyl (C=O) groups excluding carboxylic acids is 1. The van der Waals surface area contributed by atoms with E-state index in [1.807, 2.05) is 71.9 Å². The molecule has 0 aliphatic heterocycles. The summed E-state index contributed by atoms with van der Waals surface area (Å²) in [5.41, 5.74) is 0.0441. The third-order valence-electron chi connectivity index (χ3n) is 3.13. The first-order valence-electron chi connectivity index (χ1n) is 7.91. The van der Waals surface area contributed by atoms with Crippen molar-refractivity contribution < 1.29 is 14.3 Å². The van der Waals surface area contributed by atoms with Crippen LogP contribution in [0.5, 0.6) is 11.5 Å². The van der Waals surface area contributed by atoms with Gasteiger partial charge in [0.05, 0.1) is 0 Å². The fourth-order valence-electron chi connectivity index (χ4n) is 2.34. The van der Waals surface area contributed by atoms with Gasteiger partial charge in [-0.05, 0) is 78.1 Å². The highest BCUT2D eigenvalue weighted by Crippen LogP contribution is 2.34. The van der Waals surface area contributed by atoms with Crippen LogP contribution in [-0.2, 0) is 0 Å². The molecule has 0 radical (unpaired) electrons. The van der Waals surface area contributed by atoms with Crippen molar-refractivity contribution in [3.8, 4) is 11.5 Å². The summed E-state index contributed by atoms with van der Waals surface area (Å²) >= 11 is 0. The average Bonchev–Trinajstić information content (AvgIpc) is 2.35. The number of rotatable bonds is 3. The fourth-order valence-corrected chi connectivity index (χ4v) is 2.34. The molecule has 2 aromatic carbocycles. The zero-order valence-electron chi connectivity index (χ0n) is 15.1. The van der Waals surface area contributed by atoms with E-state index in [4.69, 9.17) is 9.47 Å². The van der Waals surface area contributed by atoms with Gasteiger partial charge in [-0.15, -0.1) is 0 Å². The van der Waals surface area contributed by atoms with Crippen LogP contribution in [0, 0.1) is 0 Å². The van der Waals surface area contributed by atoms with Gasteiger partial charge in [0.15, 0.2) is 5.78 Å². The third-order valence-corrected chi connectivity index (χ3v) is 3.13. The second-order valence-corrected chi connectivity index (χ2v) is 7.84. The molecule has 0 aromatic heterocycles.